The van der Waals surface area contributed by atoms with Crippen LogP contribution in [0.25, 0.3) is 0 Å². The predicted octanol–water partition coefficient (Wildman–Crippen LogP) is 2.94. The van der Waals surface area contributed by atoms with Crippen LogP contribution >= 0.6 is 0 Å². The first kappa shape index (κ1) is 13.2. The van der Waals surface area contributed by atoms with Gasteiger partial charge < -0.3 is 9.30 Å². The highest BCUT2D eigenvalue weighted by atomic mass is 16.5. The molecule has 1 aromatic heterocycles. The van der Waals surface area contributed by atoms with Crippen molar-refractivity contribution in [2.75, 3.05) is 7.11 Å². The molecule has 0 atom stereocenters. The fourth-order valence-electron chi connectivity index (χ4n) is 2.08. The van der Waals surface area contributed by atoms with E-state index < -0.39 is 0 Å². The van der Waals surface area contributed by atoms with Crippen molar-refractivity contribution in [1.82, 2.24) is 9.55 Å². The van der Waals surface area contributed by atoms with E-state index in [0.29, 0.717) is 18.0 Å². The van der Waals surface area contributed by atoms with Crippen LogP contribution in [-0.4, -0.2) is 16.7 Å². The molecular weight excluding hydrogens is 238 g/mol. The van der Waals surface area contributed by atoms with Crippen LogP contribution in [0.3, 0.4) is 0 Å². The average Bonchev–Trinajstić information content (AvgIpc) is 2.87. The van der Waals surface area contributed by atoms with Crippen molar-refractivity contribution in [2.45, 2.75) is 26.3 Å². The number of hydrogen-bond donors (Lipinski definition) is 0. The summed E-state index contributed by atoms with van der Waals surface area (Å²) in [7, 11) is 1.62. The normalized spacial score (nSPS) is 10.5. The largest absolute Gasteiger partial charge is 0.496 e. The van der Waals surface area contributed by atoms with Crippen molar-refractivity contribution in [1.29, 1.82) is 5.26 Å². The summed E-state index contributed by atoms with van der Waals surface area (Å²) in [6, 6.07) is 7.62. The molecule has 0 saturated heterocycles. The molecule has 2 rings (SSSR count). The lowest BCUT2D eigenvalue weighted by Crippen LogP contribution is -2.07. The van der Waals surface area contributed by atoms with E-state index in [1.165, 1.54) is 0 Å². The molecule has 2 aromatic rings. The van der Waals surface area contributed by atoms with Crippen molar-refractivity contribution in [2.24, 2.45) is 0 Å². The molecule has 19 heavy (non-hydrogen) atoms. The number of ether oxygens (including phenoxy) is 1. The van der Waals surface area contributed by atoms with Gasteiger partial charge >= 0.3 is 0 Å². The second-order valence-corrected chi connectivity index (χ2v) is 4.71. The lowest BCUT2D eigenvalue weighted by Gasteiger charge is -2.13. The first-order valence-electron chi connectivity index (χ1n) is 6.23. The molecule has 0 saturated carbocycles. The summed E-state index contributed by atoms with van der Waals surface area (Å²) in [6.45, 7) is 4.94. The van der Waals surface area contributed by atoms with Crippen molar-refractivity contribution in [3.05, 3.63) is 47.5 Å². The number of rotatable bonds is 4. The average molecular weight is 255 g/mol. The van der Waals surface area contributed by atoms with Gasteiger partial charge in [0.1, 0.15) is 11.6 Å². The van der Waals surface area contributed by atoms with E-state index in [2.05, 4.69) is 29.5 Å². The van der Waals surface area contributed by atoms with Crippen LogP contribution in [0, 0.1) is 11.3 Å². The number of benzene rings is 1. The molecule has 0 bridgehead atoms. The molecule has 0 unspecified atom stereocenters. The Bertz CT molecular complexity index is 608. The lowest BCUT2D eigenvalue weighted by atomic mass is 10.1. The Balaban J connectivity index is 2.33. The molecule has 1 aromatic carbocycles. The van der Waals surface area contributed by atoms with Gasteiger partial charge in [0.05, 0.1) is 25.3 Å². The molecule has 0 N–H and O–H groups in total. The van der Waals surface area contributed by atoms with E-state index >= 15 is 0 Å². The van der Waals surface area contributed by atoms with Gasteiger partial charge in [-0.3, -0.25) is 0 Å². The summed E-state index contributed by atoms with van der Waals surface area (Å²) in [5.41, 5.74) is 1.65. The standard InChI is InChI=1S/C15H17N3O/c1-11(2)15-17-6-7-18(15)10-13-5-4-12(9-16)8-14(13)19-3/h4-8,11H,10H2,1-3H3. The van der Waals surface area contributed by atoms with Crippen molar-refractivity contribution in [3.8, 4) is 11.8 Å². The first-order chi connectivity index (χ1) is 9.15. The van der Waals surface area contributed by atoms with Gasteiger partial charge in [-0.2, -0.15) is 5.26 Å². The fourth-order valence-corrected chi connectivity index (χ4v) is 2.08. The van der Waals surface area contributed by atoms with Gasteiger partial charge in [-0.1, -0.05) is 19.9 Å². The molecule has 4 nitrogen and oxygen atoms in total. The van der Waals surface area contributed by atoms with Gasteiger partial charge in [0.25, 0.3) is 0 Å². The molecule has 0 aliphatic carbocycles. The molecule has 98 valence electrons. The molecule has 1 heterocycles. The van der Waals surface area contributed by atoms with E-state index in [9.17, 15) is 0 Å². The second-order valence-electron chi connectivity index (χ2n) is 4.71. The Hall–Kier alpha value is -2.28. The van der Waals surface area contributed by atoms with E-state index in [-0.39, 0.29) is 0 Å². The maximum atomic E-state index is 8.90. The highest BCUT2D eigenvalue weighted by molar-refractivity contribution is 5.42. The van der Waals surface area contributed by atoms with E-state index in [1.807, 2.05) is 24.5 Å². The summed E-state index contributed by atoms with van der Waals surface area (Å²) >= 11 is 0. The van der Waals surface area contributed by atoms with Crippen LogP contribution in [-0.2, 0) is 6.54 Å². The second kappa shape index (κ2) is 5.57. The summed E-state index contributed by atoms with van der Waals surface area (Å²) < 4.78 is 7.46. The number of nitrogens with zero attached hydrogens (tertiary/aromatic N) is 3. The highest BCUT2D eigenvalue weighted by Gasteiger charge is 2.10. The third-order valence-corrected chi connectivity index (χ3v) is 3.02. The molecule has 0 aliphatic rings. The summed E-state index contributed by atoms with van der Waals surface area (Å²) in [5.74, 6) is 2.16. The van der Waals surface area contributed by atoms with Gasteiger partial charge in [-0.15, -0.1) is 0 Å². The minimum Gasteiger partial charge on any atom is -0.496 e. The smallest absolute Gasteiger partial charge is 0.125 e. The summed E-state index contributed by atoms with van der Waals surface area (Å²) in [5, 5.41) is 8.90. The maximum absolute atomic E-state index is 8.90. The van der Waals surface area contributed by atoms with E-state index in [0.717, 1.165) is 17.1 Å². The number of methoxy groups -OCH3 is 1. The minimum atomic E-state index is 0.374. The quantitative estimate of drug-likeness (QED) is 0.844. The van der Waals surface area contributed by atoms with Crippen molar-refractivity contribution in [3.63, 3.8) is 0 Å². The molecular formula is C15H17N3O. The maximum Gasteiger partial charge on any atom is 0.125 e. The number of nitriles is 1. The Morgan fingerprint density at radius 2 is 2.21 bits per heavy atom. The molecule has 0 aliphatic heterocycles. The predicted molar refractivity (Wildman–Crippen MR) is 73.1 cm³/mol. The molecule has 0 fully saturated rings. The Morgan fingerprint density at radius 1 is 1.42 bits per heavy atom. The highest BCUT2D eigenvalue weighted by Crippen LogP contribution is 2.22. The van der Waals surface area contributed by atoms with Gasteiger partial charge in [0.2, 0.25) is 0 Å². The third-order valence-electron chi connectivity index (χ3n) is 3.02. The van der Waals surface area contributed by atoms with Crippen LogP contribution in [0.5, 0.6) is 5.75 Å². The monoisotopic (exact) mass is 255 g/mol. The van der Waals surface area contributed by atoms with Gasteiger partial charge in [-0.05, 0) is 12.1 Å². The Morgan fingerprint density at radius 3 is 2.84 bits per heavy atom. The molecule has 0 radical (unpaired) electrons. The van der Waals surface area contributed by atoms with Crippen LogP contribution in [0.1, 0.15) is 36.7 Å². The summed E-state index contributed by atoms with van der Waals surface area (Å²) in [6.07, 6.45) is 3.78. The van der Waals surface area contributed by atoms with Crippen LogP contribution in [0.15, 0.2) is 30.6 Å². The van der Waals surface area contributed by atoms with Crippen LogP contribution < -0.4 is 4.74 Å². The number of aromatic nitrogens is 2. The van der Waals surface area contributed by atoms with Crippen LogP contribution in [0.4, 0.5) is 0 Å². The lowest BCUT2D eigenvalue weighted by molar-refractivity contribution is 0.408. The van der Waals surface area contributed by atoms with Gasteiger partial charge in [-0.25, -0.2) is 4.98 Å². The number of hydrogen-bond acceptors (Lipinski definition) is 3. The van der Waals surface area contributed by atoms with E-state index in [4.69, 9.17) is 10.00 Å². The zero-order valence-corrected chi connectivity index (χ0v) is 11.4. The summed E-state index contributed by atoms with van der Waals surface area (Å²) in [4.78, 5) is 4.37. The zero-order chi connectivity index (χ0) is 13.8. The minimum absolute atomic E-state index is 0.374. The molecule has 0 spiro atoms. The van der Waals surface area contributed by atoms with Gasteiger partial charge in [0.15, 0.2) is 0 Å². The molecule has 4 heteroatoms. The number of imidazole rings is 1. The third kappa shape index (κ3) is 2.76. The first-order valence-corrected chi connectivity index (χ1v) is 6.23. The Labute approximate surface area is 113 Å². The van der Waals surface area contributed by atoms with Crippen molar-refractivity contribution < 1.29 is 4.74 Å². The Kier molecular flexibility index (Phi) is 3.86. The zero-order valence-electron chi connectivity index (χ0n) is 11.4. The van der Waals surface area contributed by atoms with Crippen LogP contribution in [0.2, 0.25) is 0 Å². The van der Waals surface area contributed by atoms with E-state index in [1.54, 1.807) is 13.2 Å². The SMILES string of the molecule is COc1cc(C#N)ccc1Cn1ccnc1C(C)C. The van der Waals surface area contributed by atoms with Gasteiger partial charge in [0, 0.05) is 23.9 Å². The molecule has 0 amide bonds. The fraction of sp³-hybridized carbons (Fsp3) is 0.333. The topological polar surface area (TPSA) is 50.8 Å². The van der Waals surface area contributed by atoms with Crippen molar-refractivity contribution >= 4 is 0 Å².